The Hall–Kier alpha value is -1.85. The first-order chi connectivity index (χ1) is 10.9. The molecule has 1 saturated carbocycles. The second-order valence-electron chi connectivity index (χ2n) is 7.24. The van der Waals surface area contributed by atoms with Crippen LogP contribution in [-0.4, -0.2) is 54.0 Å². The quantitative estimate of drug-likeness (QED) is 0.836. The molecule has 23 heavy (non-hydrogen) atoms. The molecule has 1 aromatic heterocycles. The van der Waals surface area contributed by atoms with Gasteiger partial charge in [0.2, 0.25) is 5.91 Å². The molecule has 0 radical (unpaired) electrons. The summed E-state index contributed by atoms with van der Waals surface area (Å²) >= 11 is 0. The molecule has 3 rings (SSSR count). The molecule has 2 amide bonds. The Balaban J connectivity index is 1.88. The molecule has 6 heteroatoms. The van der Waals surface area contributed by atoms with Crippen molar-refractivity contribution in [2.75, 3.05) is 27.2 Å². The lowest BCUT2D eigenvalue weighted by molar-refractivity contribution is -0.135. The van der Waals surface area contributed by atoms with Crippen LogP contribution in [0.4, 0.5) is 0 Å². The number of carbonyl (C=O) groups is 2. The van der Waals surface area contributed by atoms with Crippen molar-refractivity contribution in [3.63, 3.8) is 0 Å². The minimum absolute atomic E-state index is 0.0456. The lowest BCUT2D eigenvalue weighted by Gasteiger charge is -2.30. The van der Waals surface area contributed by atoms with Crippen molar-refractivity contribution in [1.82, 2.24) is 15.0 Å². The molecule has 2 heterocycles. The Bertz CT molecular complexity index is 610. The molecule has 2 aliphatic rings. The van der Waals surface area contributed by atoms with E-state index in [4.69, 9.17) is 4.52 Å². The van der Waals surface area contributed by atoms with Gasteiger partial charge in [-0.15, -0.1) is 0 Å². The number of carbonyl (C=O) groups excluding carboxylic acids is 2. The zero-order valence-electron chi connectivity index (χ0n) is 14.4. The summed E-state index contributed by atoms with van der Waals surface area (Å²) in [4.78, 5) is 29.1. The van der Waals surface area contributed by atoms with E-state index >= 15 is 0 Å². The first-order valence-electron chi connectivity index (χ1n) is 8.29. The molecule has 2 fully saturated rings. The van der Waals surface area contributed by atoms with Crippen molar-refractivity contribution in [3.05, 3.63) is 17.0 Å². The summed E-state index contributed by atoms with van der Waals surface area (Å²) in [5.41, 5.74) is 1.13. The van der Waals surface area contributed by atoms with Crippen molar-refractivity contribution in [1.29, 1.82) is 0 Å². The van der Waals surface area contributed by atoms with E-state index in [-0.39, 0.29) is 23.1 Å². The van der Waals surface area contributed by atoms with Gasteiger partial charge >= 0.3 is 0 Å². The first-order valence-corrected chi connectivity index (χ1v) is 8.29. The number of rotatable bonds is 2. The minimum atomic E-state index is -0.0931. The van der Waals surface area contributed by atoms with Crippen LogP contribution in [0.3, 0.4) is 0 Å². The van der Waals surface area contributed by atoms with E-state index < -0.39 is 0 Å². The van der Waals surface area contributed by atoms with Crippen LogP contribution in [0.25, 0.3) is 0 Å². The maximum absolute atomic E-state index is 12.9. The van der Waals surface area contributed by atoms with E-state index in [1.807, 2.05) is 4.90 Å². The van der Waals surface area contributed by atoms with Gasteiger partial charge in [0.15, 0.2) is 0 Å². The van der Waals surface area contributed by atoms with Crippen molar-refractivity contribution in [2.45, 2.75) is 39.5 Å². The van der Waals surface area contributed by atoms with E-state index in [2.05, 4.69) is 5.16 Å². The highest BCUT2D eigenvalue weighted by Gasteiger charge is 2.53. The van der Waals surface area contributed by atoms with Crippen LogP contribution >= 0.6 is 0 Å². The highest BCUT2D eigenvalue weighted by molar-refractivity contribution is 5.97. The number of likely N-dealkylation sites (tertiary alicyclic amines) is 1. The normalized spacial score (nSPS) is 22.8. The Kier molecular flexibility index (Phi) is 3.94. The third kappa shape index (κ3) is 2.54. The summed E-state index contributed by atoms with van der Waals surface area (Å²) < 4.78 is 5.13. The SMILES string of the molecule is Cc1noc(C)c1C(=O)N1CC(C(=O)N(C)C)C2(CCCC2)C1. The zero-order valence-corrected chi connectivity index (χ0v) is 14.4. The molecular formula is C17H25N3O3. The average molecular weight is 319 g/mol. The van der Waals surface area contributed by atoms with Crippen LogP contribution in [0.15, 0.2) is 4.52 Å². The molecule has 1 unspecified atom stereocenters. The molecule has 6 nitrogen and oxygen atoms in total. The van der Waals surface area contributed by atoms with Crippen LogP contribution in [-0.2, 0) is 4.79 Å². The van der Waals surface area contributed by atoms with E-state index in [9.17, 15) is 9.59 Å². The average Bonchev–Trinajstić information content (AvgIpc) is 3.20. The fourth-order valence-corrected chi connectivity index (χ4v) is 4.31. The molecule has 0 bridgehead atoms. The topological polar surface area (TPSA) is 66.7 Å². The molecule has 1 aromatic rings. The fraction of sp³-hybridized carbons (Fsp3) is 0.706. The van der Waals surface area contributed by atoms with Gasteiger partial charge < -0.3 is 14.3 Å². The van der Waals surface area contributed by atoms with Crippen LogP contribution in [0, 0.1) is 25.2 Å². The molecule has 0 N–H and O–H groups in total. The van der Waals surface area contributed by atoms with Gasteiger partial charge in [0.25, 0.3) is 5.91 Å². The molecule has 0 aromatic carbocycles. The standard InChI is InChI=1S/C17H25N3O3/c1-11-14(12(2)23-18-11)16(22)20-9-13(15(21)19(3)4)17(10-20)7-5-6-8-17/h13H,5-10H2,1-4H3. The second kappa shape index (κ2) is 5.65. The van der Waals surface area contributed by atoms with Crippen molar-refractivity contribution in [3.8, 4) is 0 Å². The van der Waals surface area contributed by atoms with E-state index in [0.29, 0.717) is 30.1 Å². The third-order valence-corrected chi connectivity index (χ3v) is 5.52. The van der Waals surface area contributed by atoms with Gasteiger partial charge in [0, 0.05) is 32.6 Å². The third-order valence-electron chi connectivity index (χ3n) is 5.52. The molecular weight excluding hydrogens is 294 g/mol. The largest absolute Gasteiger partial charge is 0.361 e. The van der Waals surface area contributed by atoms with Crippen LogP contribution in [0.5, 0.6) is 0 Å². The maximum Gasteiger partial charge on any atom is 0.259 e. The summed E-state index contributed by atoms with van der Waals surface area (Å²) in [6, 6.07) is 0. The highest BCUT2D eigenvalue weighted by Crippen LogP contribution is 2.49. The van der Waals surface area contributed by atoms with Crippen LogP contribution in [0.1, 0.15) is 47.5 Å². The second-order valence-corrected chi connectivity index (χ2v) is 7.24. The number of hydrogen-bond donors (Lipinski definition) is 0. The Labute approximate surface area is 136 Å². The van der Waals surface area contributed by atoms with Crippen LogP contribution in [0.2, 0.25) is 0 Å². The molecule has 1 saturated heterocycles. The lowest BCUT2D eigenvalue weighted by Crippen LogP contribution is -2.39. The van der Waals surface area contributed by atoms with Gasteiger partial charge in [0.05, 0.1) is 11.6 Å². The summed E-state index contributed by atoms with van der Waals surface area (Å²) in [6.45, 7) is 4.71. The Morgan fingerprint density at radius 3 is 2.43 bits per heavy atom. The van der Waals surface area contributed by atoms with Gasteiger partial charge in [-0.3, -0.25) is 9.59 Å². The molecule has 126 valence electrons. The summed E-state index contributed by atoms with van der Waals surface area (Å²) in [6.07, 6.45) is 4.35. The number of nitrogens with zero attached hydrogens (tertiary/aromatic N) is 3. The predicted molar refractivity (Wildman–Crippen MR) is 85.0 cm³/mol. The van der Waals surface area contributed by atoms with Gasteiger partial charge in [-0.25, -0.2) is 0 Å². The predicted octanol–water partition coefficient (Wildman–Crippen LogP) is 2.01. The Morgan fingerprint density at radius 1 is 1.26 bits per heavy atom. The monoisotopic (exact) mass is 319 g/mol. The van der Waals surface area contributed by atoms with Gasteiger partial charge in [-0.2, -0.15) is 0 Å². The van der Waals surface area contributed by atoms with Crippen molar-refractivity contribution < 1.29 is 14.1 Å². The van der Waals surface area contributed by atoms with Crippen molar-refractivity contribution in [2.24, 2.45) is 11.3 Å². The van der Waals surface area contributed by atoms with E-state index in [0.717, 1.165) is 25.7 Å². The number of aryl methyl sites for hydroxylation is 2. The fourth-order valence-electron chi connectivity index (χ4n) is 4.31. The van der Waals surface area contributed by atoms with Gasteiger partial charge in [-0.05, 0) is 26.7 Å². The summed E-state index contributed by atoms with van der Waals surface area (Å²) in [5.74, 6) is 0.544. The highest BCUT2D eigenvalue weighted by atomic mass is 16.5. The first kappa shape index (κ1) is 16.0. The number of aromatic nitrogens is 1. The number of amides is 2. The van der Waals surface area contributed by atoms with Crippen LogP contribution < -0.4 is 0 Å². The molecule has 1 aliphatic heterocycles. The van der Waals surface area contributed by atoms with E-state index in [1.54, 1.807) is 32.8 Å². The maximum atomic E-state index is 12.9. The zero-order chi connectivity index (χ0) is 16.8. The smallest absolute Gasteiger partial charge is 0.259 e. The van der Waals surface area contributed by atoms with Gasteiger partial charge in [0.1, 0.15) is 11.3 Å². The summed E-state index contributed by atoms with van der Waals surface area (Å²) in [7, 11) is 3.59. The summed E-state index contributed by atoms with van der Waals surface area (Å²) in [5, 5.41) is 3.88. The van der Waals surface area contributed by atoms with E-state index in [1.165, 1.54) is 0 Å². The lowest BCUT2D eigenvalue weighted by atomic mass is 9.76. The molecule has 1 atom stereocenters. The van der Waals surface area contributed by atoms with Gasteiger partial charge in [-0.1, -0.05) is 18.0 Å². The van der Waals surface area contributed by atoms with Crippen molar-refractivity contribution >= 4 is 11.8 Å². The molecule has 1 aliphatic carbocycles. The number of hydrogen-bond acceptors (Lipinski definition) is 4. The Morgan fingerprint density at radius 2 is 1.91 bits per heavy atom. The molecule has 1 spiro atoms. The minimum Gasteiger partial charge on any atom is -0.361 e.